The van der Waals surface area contributed by atoms with Gasteiger partial charge in [0.15, 0.2) is 0 Å². The zero-order valence-electron chi connectivity index (χ0n) is 20.2. The number of furan rings is 1. The molecular formula is C32H27NOSi. The van der Waals surface area contributed by atoms with Gasteiger partial charge < -0.3 is 4.42 Å². The third kappa shape index (κ3) is 3.98. The lowest BCUT2D eigenvalue weighted by molar-refractivity contribution is 0.632. The van der Waals surface area contributed by atoms with Crippen molar-refractivity contribution in [2.45, 2.75) is 19.6 Å². The van der Waals surface area contributed by atoms with Crippen LogP contribution in [0.15, 0.2) is 114 Å². The van der Waals surface area contributed by atoms with Gasteiger partial charge in [-0.25, -0.2) is 0 Å². The van der Waals surface area contributed by atoms with Gasteiger partial charge in [-0.1, -0.05) is 104 Å². The zero-order chi connectivity index (χ0) is 24.0. The van der Waals surface area contributed by atoms with Crippen LogP contribution in [0, 0.1) is 0 Å². The number of rotatable bonds is 4. The van der Waals surface area contributed by atoms with Crippen LogP contribution >= 0.6 is 0 Å². The molecule has 0 spiro atoms. The van der Waals surface area contributed by atoms with E-state index in [2.05, 4.69) is 98.5 Å². The summed E-state index contributed by atoms with van der Waals surface area (Å²) in [7, 11) is -1.40. The SMILES string of the molecule is C[Si](C)(C)c1ccc2c(-c3cc(-c4ccccc4)c4oc(-c5ccccc5)cc4c3)nccc2c1. The predicted molar refractivity (Wildman–Crippen MR) is 151 cm³/mol. The summed E-state index contributed by atoms with van der Waals surface area (Å²) in [6.07, 6.45) is 1.93. The quantitative estimate of drug-likeness (QED) is 0.242. The average Bonchev–Trinajstić information content (AvgIpc) is 3.32. The van der Waals surface area contributed by atoms with Gasteiger partial charge in [0.05, 0.1) is 13.8 Å². The van der Waals surface area contributed by atoms with E-state index in [-0.39, 0.29) is 0 Å². The van der Waals surface area contributed by atoms with Gasteiger partial charge in [-0.3, -0.25) is 4.98 Å². The highest BCUT2D eigenvalue weighted by Gasteiger charge is 2.19. The van der Waals surface area contributed by atoms with Crippen molar-refractivity contribution < 1.29 is 4.42 Å². The minimum Gasteiger partial charge on any atom is -0.455 e. The topological polar surface area (TPSA) is 26.0 Å². The summed E-state index contributed by atoms with van der Waals surface area (Å²) in [5.41, 5.74) is 6.30. The Labute approximate surface area is 206 Å². The molecule has 3 heteroatoms. The molecule has 0 atom stereocenters. The Morgan fingerprint density at radius 1 is 0.629 bits per heavy atom. The summed E-state index contributed by atoms with van der Waals surface area (Å²) < 4.78 is 6.46. The first-order chi connectivity index (χ1) is 17.0. The van der Waals surface area contributed by atoms with Crippen LogP contribution in [0.3, 0.4) is 0 Å². The molecule has 2 heterocycles. The van der Waals surface area contributed by atoms with E-state index in [0.717, 1.165) is 44.7 Å². The number of hydrogen-bond acceptors (Lipinski definition) is 2. The minimum atomic E-state index is -1.40. The maximum absolute atomic E-state index is 6.46. The Balaban J connectivity index is 1.60. The Morgan fingerprint density at radius 3 is 2.06 bits per heavy atom. The molecule has 170 valence electrons. The van der Waals surface area contributed by atoms with Crippen LogP contribution in [-0.4, -0.2) is 13.1 Å². The first-order valence-electron chi connectivity index (χ1n) is 12.1. The fraction of sp³-hybridized carbons (Fsp3) is 0.0938. The molecule has 0 aliphatic rings. The first kappa shape index (κ1) is 21.6. The Hall–Kier alpha value is -3.95. The fourth-order valence-electron chi connectivity index (χ4n) is 4.74. The molecule has 2 aromatic heterocycles. The molecule has 35 heavy (non-hydrogen) atoms. The van der Waals surface area contributed by atoms with Crippen molar-refractivity contribution in [2.24, 2.45) is 0 Å². The number of fused-ring (bicyclic) bond motifs is 2. The van der Waals surface area contributed by atoms with Crippen LogP contribution in [0.2, 0.25) is 19.6 Å². The Bertz CT molecular complexity index is 1660. The van der Waals surface area contributed by atoms with Crippen LogP contribution in [0.1, 0.15) is 0 Å². The molecular weight excluding hydrogens is 442 g/mol. The lowest BCUT2D eigenvalue weighted by Crippen LogP contribution is -2.37. The van der Waals surface area contributed by atoms with Crippen LogP contribution in [-0.2, 0) is 0 Å². The summed E-state index contributed by atoms with van der Waals surface area (Å²) in [4.78, 5) is 4.86. The number of nitrogens with zero attached hydrogens (tertiary/aromatic N) is 1. The summed E-state index contributed by atoms with van der Waals surface area (Å²) in [6.45, 7) is 7.17. The fourth-order valence-corrected chi connectivity index (χ4v) is 5.91. The lowest BCUT2D eigenvalue weighted by Gasteiger charge is -2.18. The average molecular weight is 470 g/mol. The number of aromatic nitrogens is 1. The van der Waals surface area contributed by atoms with E-state index in [1.54, 1.807) is 0 Å². The maximum atomic E-state index is 6.46. The second-order valence-corrected chi connectivity index (χ2v) is 15.2. The van der Waals surface area contributed by atoms with Crippen LogP contribution in [0.25, 0.3) is 55.4 Å². The first-order valence-corrected chi connectivity index (χ1v) is 15.6. The molecule has 2 nitrogen and oxygen atoms in total. The van der Waals surface area contributed by atoms with Crippen molar-refractivity contribution in [3.63, 3.8) is 0 Å². The van der Waals surface area contributed by atoms with E-state index in [4.69, 9.17) is 9.40 Å². The van der Waals surface area contributed by atoms with Gasteiger partial charge in [-0.05, 0) is 35.2 Å². The van der Waals surface area contributed by atoms with Crippen molar-refractivity contribution in [1.29, 1.82) is 0 Å². The highest BCUT2D eigenvalue weighted by atomic mass is 28.3. The van der Waals surface area contributed by atoms with Crippen molar-refractivity contribution in [2.75, 3.05) is 0 Å². The largest absolute Gasteiger partial charge is 0.455 e. The summed E-state index contributed by atoms with van der Waals surface area (Å²) in [6, 6.07) is 36.4. The summed E-state index contributed by atoms with van der Waals surface area (Å²) in [5.74, 6) is 0.876. The van der Waals surface area contributed by atoms with E-state index in [0.29, 0.717) is 0 Å². The highest BCUT2D eigenvalue weighted by Crippen LogP contribution is 2.39. The third-order valence-electron chi connectivity index (χ3n) is 6.66. The Morgan fingerprint density at radius 2 is 1.34 bits per heavy atom. The van der Waals surface area contributed by atoms with Gasteiger partial charge in [0.1, 0.15) is 11.3 Å². The van der Waals surface area contributed by atoms with Crippen LogP contribution in [0.4, 0.5) is 0 Å². The predicted octanol–water partition coefficient (Wildman–Crippen LogP) is 8.53. The van der Waals surface area contributed by atoms with Gasteiger partial charge in [0, 0.05) is 33.7 Å². The molecule has 0 saturated heterocycles. The number of pyridine rings is 1. The van der Waals surface area contributed by atoms with E-state index in [9.17, 15) is 0 Å². The van der Waals surface area contributed by atoms with Crippen LogP contribution < -0.4 is 5.19 Å². The van der Waals surface area contributed by atoms with Crippen molar-refractivity contribution >= 4 is 35.0 Å². The third-order valence-corrected chi connectivity index (χ3v) is 8.71. The van der Waals surface area contributed by atoms with Gasteiger partial charge in [-0.15, -0.1) is 0 Å². The van der Waals surface area contributed by atoms with Crippen molar-refractivity contribution in [1.82, 2.24) is 4.98 Å². The molecule has 6 rings (SSSR count). The molecule has 0 saturated carbocycles. The van der Waals surface area contributed by atoms with E-state index >= 15 is 0 Å². The summed E-state index contributed by atoms with van der Waals surface area (Å²) >= 11 is 0. The maximum Gasteiger partial charge on any atom is 0.142 e. The molecule has 0 bridgehead atoms. The second-order valence-electron chi connectivity index (χ2n) is 10.1. The molecule has 0 aliphatic carbocycles. The normalized spacial score (nSPS) is 11.9. The monoisotopic (exact) mass is 469 g/mol. The minimum absolute atomic E-state index is 0.876. The van der Waals surface area contributed by atoms with Gasteiger partial charge >= 0.3 is 0 Å². The van der Waals surface area contributed by atoms with Gasteiger partial charge in [-0.2, -0.15) is 0 Å². The van der Waals surface area contributed by atoms with Crippen molar-refractivity contribution in [3.05, 3.63) is 109 Å². The molecule has 0 unspecified atom stereocenters. The smallest absolute Gasteiger partial charge is 0.142 e. The molecule has 0 N–H and O–H groups in total. The highest BCUT2D eigenvalue weighted by molar-refractivity contribution is 6.88. The number of hydrogen-bond donors (Lipinski definition) is 0. The van der Waals surface area contributed by atoms with E-state index < -0.39 is 8.07 Å². The number of benzene rings is 4. The zero-order valence-corrected chi connectivity index (χ0v) is 21.2. The molecule has 0 radical (unpaired) electrons. The molecule has 0 amide bonds. The molecule has 0 fully saturated rings. The summed E-state index contributed by atoms with van der Waals surface area (Å²) in [5, 5.41) is 4.97. The van der Waals surface area contributed by atoms with Gasteiger partial charge in [0.2, 0.25) is 0 Å². The molecule has 0 aliphatic heterocycles. The lowest BCUT2D eigenvalue weighted by atomic mass is 9.96. The molecule has 6 aromatic rings. The van der Waals surface area contributed by atoms with Crippen LogP contribution in [0.5, 0.6) is 0 Å². The van der Waals surface area contributed by atoms with E-state index in [1.165, 1.54) is 16.0 Å². The second kappa shape index (κ2) is 8.37. The Kier molecular flexibility index (Phi) is 5.16. The molecule has 4 aromatic carbocycles. The van der Waals surface area contributed by atoms with E-state index in [1.807, 2.05) is 30.5 Å². The van der Waals surface area contributed by atoms with Crippen molar-refractivity contribution in [3.8, 4) is 33.7 Å². The standard InChI is InChI=1S/C32H27NOSi/c1-35(2,3)27-14-15-28-24(19-27)16-17-33-31(28)25-18-26-21-30(23-12-8-5-9-13-23)34-32(26)29(20-25)22-10-6-4-7-11-22/h4-21H,1-3H3. The van der Waals surface area contributed by atoms with Gasteiger partial charge in [0.25, 0.3) is 0 Å².